The lowest BCUT2D eigenvalue weighted by molar-refractivity contribution is 0.947. The maximum Gasteiger partial charge on any atom is 0.202 e. The quantitative estimate of drug-likeness (QED) is 0.573. The molecule has 0 bridgehead atoms. The molecular formula is C17H11N7. The third-order valence-electron chi connectivity index (χ3n) is 3.30. The normalized spacial score (nSPS) is 10.5. The zero-order chi connectivity index (χ0) is 16.2. The monoisotopic (exact) mass is 313 g/mol. The smallest absolute Gasteiger partial charge is 0.202 e. The lowest BCUT2D eigenvalue weighted by atomic mass is 10.1. The SMILES string of the molecule is c1ccc(-c2nnc(-c3cccnn3)nc2-c2ccccn2)nc1. The number of aromatic nitrogens is 7. The molecule has 114 valence electrons. The van der Waals surface area contributed by atoms with Crippen molar-refractivity contribution < 1.29 is 0 Å². The van der Waals surface area contributed by atoms with Gasteiger partial charge in [0, 0.05) is 18.6 Å². The summed E-state index contributed by atoms with van der Waals surface area (Å²) in [5.41, 5.74) is 3.10. The van der Waals surface area contributed by atoms with Crippen molar-refractivity contribution in [3.05, 3.63) is 67.1 Å². The molecule has 4 heterocycles. The van der Waals surface area contributed by atoms with Gasteiger partial charge in [0.25, 0.3) is 0 Å². The van der Waals surface area contributed by atoms with Gasteiger partial charge in [0.15, 0.2) is 0 Å². The van der Waals surface area contributed by atoms with Crippen LogP contribution >= 0.6 is 0 Å². The minimum Gasteiger partial charge on any atom is -0.255 e. The molecule has 0 spiro atoms. The molecule has 0 aliphatic heterocycles. The summed E-state index contributed by atoms with van der Waals surface area (Å²) < 4.78 is 0. The Bertz CT molecular complexity index is 944. The Labute approximate surface area is 137 Å². The Balaban J connectivity index is 1.92. The third-order valence-corrected chi connectivity index (χ3v) is 3.30. The van der Waals surface area contributed by atoms with Gasteiger partial charge >= 0.3 is 0 Å². The molecule has 0 aliphatic carbocycles. The number of rotatable bonds is 3. The van der Waals surface area contributed by atoms with E-state index in [9.17, 15) is 0 Å². The van der Waals surface area contributed by atoms with Crippen LogP contribution < -0.4 is 0 Å². The molecule has 7 nitrogen and oxygen atoms in total. The zero-order valence-electron chi connectivity index (χ0n) is 12.5. The van der Waals surface area contributed by atoms with E-state index in [1.165, 1.54) is 0 Å². The van der Waals surface area contributed by atoms with Gasteiger partial charge in [0.2, 0.25) is 5.82 Å². The highest BCUT2D eigenvalue weighted by Gasteiger charge is 2.16. The van der Waals surface area contributed by atoms with Gasteiger partial charge < -0.3 is 0 Å². The van der Waals surface area contributed by atoms with Crippen LogP contribution in [-0.4, -0.2) is 35.3 Å². The van der Waals surface area contributed by atoms with Crippen LogP contribution in [0.2, 0.25) is 0 Å². The fraction of sp³-hybridized carbons (Fsp3) is 0. The lowest BCUT2D eigenvalue weighted by Gasteiger charge is -2.07. The van der Waals surface area contributed by atoms with Gasteiger partial charge in [-0.25, -0.2) is 4.98 Å². The van der Waals surface area contributed by atoms with E-state index < -0.39 is 0 Å². The van der Waals surface area contributed by atoms with Crippen molar-refractivity contribution in [3.63, 3.8) is 0 Å². The maximum absolute atomic E-state index is 4.61. The highest BCUT2D eigenvalue weighted by atomic mass is 15.2. The molecule has 4 rings (SSSR count). The first-order valence-corrected chi connectivity index (χ1v) is 7.27. The summed E-state index contributed by atoms with van der Waals surface area (Å²) in [7, 11) is 0. The molecule has 0 fully saturated rings. The molecule has 0 aliphatic rings. The van der Waals surface area contributed by atoms with Crippen LogP contribution in [0.4, 0.5) is 0 Å². The van der Waals surface area contributed by atoms with E-state index in [0.29, 0.717) is 34.3 Å². The van der Waals surface area contributed by atoms with Crippen LogP contribution in [-0.2, 0) is 0 Å². The first-order chi connectivity index (χ1) is 11.9. The standard InChI is InChI=1S/C17H11N7/c1-3-9-18-12(6-1)15-16(13-7-2-4-10-19-13)23-24-17(21-15)14-8-5-11-20-22-14/h1-11H. The molecule has 0 amide bonds. The minimum atomic E-state index is 0.392. The first-order valence-electron chi connectivity index (χ1n) is 7.27. The highest BCUT2D eigenvalue weighted by Crippen LogP contribution is 2.26. The number of hydrogen-bond acceptors (Lipinski definition) is 7. The number of nitrogens with zero attached hydrogens (tertiary/aromatic N) is 7. The van der Waals surface area contributed by atoms with Crippen LogP contribution in [0, 0.1) is 0 Å². The summed E-state index contributed by atoms with van der Waals surface area (Å²) in [6.07, 6.45) is 5.01. The van der Waals surface area contributed by atoms with Crippen molar-refractivity contribution in [2.24, 2.45) is 0 Å². The highest BCUT2D eigenvalue weighted by molar-refractivity contribution is 5.74. The number of pyridine rings is 2. The Morgan fingerprint density at radius 2 is 1.25 bits per heavy atom. The summed E-state index contributed by atoms with van der Waals surface area (Å²) in [5, 5.41) is 16.4. The van der Waals surface area contributed by atoms with Crippen LogP contribution in [0.25, 0.3) is 34.3 Å². The average Bonchev–Trinajstić information content (AvgIpc) is 2.69. The summed E-state index contributed by atoms with van der Waals surface area (Å²) in [6, 6.07) is 14.8. The molecule has 0 radical (unpaired) electrons. The summed E-state index contributed by atoms with van der Waals surface area (Å²) >= 11 is 0. The molecule has 7 heteroatoms. The fourth-order valence-electron chi connectivity index (χ4n) is 2.21. The van der Waals surface area contributed by atoms with Crippen molar-refractivity contribution in [3.8, 4) is 34.3 Å². The molecule has 0 unspecified atom stereocenters. The molecule has 0 saturated heterocycles. The van der Waals surface area contributed by atoms with Gasteiger partial charge in [-0.3, -0.25) is 9.97 Å². The van der Waals surface area contributed by atoms with Gasteiger partial charge in [-0.05, 0) is 36.4 Å². The fourth-order valence-corrected chi connectivity index (χ4v) is 2.21. The summed E-state index contributed by atoms with van der Waals surface area (Å²) in [5.74, 6) is 0.392. The Kier molecular flexibility index (Phi) is 3.65. The van der Waals surface area contributed by atoms with E-state index in [1.807, 2.05) is 36.4 Å². The third kappa shape index (κ3) is 2.70. The summed E-state index contributed by atoms with van der Waals surface area (Å²) in [4.78, 5) is 13.3. The molecule has 4 aromatic rings. The van der Waals surface area contributed by atoms with E-state index in [2.05, 4.69) is 35.3 Å². The molecule has 24 heavy (non-hydrogen) atoms. The molecular weight excluding hydrogens is 302 g/mol. The van der Waals surface area contributed by atoms with Crippen molar-refractivity contribution in [1.82, 2.24) is 35.3 Å². The molecule has 0 N–H and O–H groups in total. The second kappa shape index (κ2) is 6.25. The molecule has 0 atom stereocenters. The predicted molar refractivity (Wildman–Crippen MR) is 87.3 cm³/mol. The van der Waals surface area contributed by atoms with Gasteiger partial charge in [-0.1, -0.05) is 12.1 Å². The second-order valence-corrected chi connectivity index (χ2v) is 4.87. The van der Waals surface area contributed by atoms with E-state index in [1.54, 1.807) is 30.7 Å². The van der Waals surface area contributed by atoms with Gasteiger partial charge in [-0.15, -0.1) is 15.3 Å². The summed E-state index contributed by atoms with van der Waals surface area (Å²) in [6.45, 7) is 0. The predicted octanol–water partition coefficient (Wildman–Crippen LogP) is 2.45. The van der Waals surface area contributed by atoms with Crippen molar-refractivity contribution in [2.45, 2.75) is 0 Å². The molecule has 0 aromatic carbocycles. The van der Waals surface area contributed by atoms with E-state index in [4.69, 9.17) is 0 Å². The van der Waals surface area contributed by atoms with Crippen molar-refractivity contribution in [2.75, 3.05) is 0 Å². The maximum atomic E-state index is 4.61. The zero-order valence-corrected chi connectivity index (χ0v) is 12.5. The topological polar surface area (TPSA) is 90.2 Å². The van der Waals surface area contributed by atoms with Crippen LogP contribution in [0.15, 0.2) is 67.1 Å². The van der Waals surface area contributed by atoms with E-state index >= 15 is 0 Å². The van der Waals surface area contributed by atoms with Crippen LogP contribution in [0.5, 0.6) is 0 Å². The van der Waals surface area contributed by atoms with Crippen LogP contribution in [0.1, 0.15) is 0 Å². The Morgan fingerprint density at radius 3 is 1.88 bits per heavy atom. The molecule has 0 saturated carbocycles. The first kappa shape index (κ1) is 14.0. The van der Waals surface area contributed by atoms with Crippen LogP contribution in [0.3, 0.4) is 0 Å². The Hall–Kier alpha value is -3.61. The number of hydrogen-bond donors (Lipinski definition) is 0. The van der Waals surface area contributed by atoms with Gasteiger partial charge in [-0.2, -0.15) is 5.10 Å². The minimum absolute atomic E-state index is 0.392. The Morgan fingerprint density at radius 1 is 0.542 bits per heavy atom. The molecule has 4 aromatic heterocycles. The van der Waals surface area contributed by atoms with E-state index in [0.717, 1.165) is 0 Å². The van der Waals surface area contributed by atoms with Crippen molar-refractivity contribution in [1.29, 1.82) is 0 Å². The largest absolute Gasteiger partial charge is 0.255 e. The lowest BCUT2D eigenvalue weighted by Crippen LogP contribution is -2.02. The second-order valence-electron chi connectivity index (χ2n) is 4.87. The van der Waals surface area contributed by atoms with Gasteiger partial charge in [0.05, 0.1) is 11.4 Å². The van der Waals surface area contributed by atoms with E-state index in [-0.39, 0.29) is 0 Å². The van der Waals surface area contributed by atoms with Gasteiger partial charge in [0.1, 0.15) is 17.1 Å². The average molecular weight is 313 g/mol. The van der Waals surface area contributed by atoms with Crippen molar-refractivity contribution >= 4 is 0 Å².